The number of ether oxygens (including phenoxy) is 1. The molecule has 0 spiro atoms. The van der Waals surface area contributed by atoms with Gasteiger partial charge in [0.25, 0.3) is 0 Å². The number of benzene rings is 2. The molecule has 0 aliphatic rings. The number of carbonyl (C=O) groups excluding carboxylic acids is 2. The number of hydrogen-bond donors (Lipinski definition) is 1. The molecule has 3 rings (SSSR count). The van der Waals surface area contributed by atoms with Gasteiger partial charge in [-0.1, -0.05) is 48.9 Å². The minimum Gasteiger partial charge on any atom is -0.445 e. The van der Waals surface area contributed by atoms with E-state index in [9.17, 15) is 18.0 Å². The maximum Gasteiger partial charge on any atom is 0.408 e. The second kappa shape index (κ2) is 11.0. The van der Waals surface area contributed by atoms with Crippen LogP contribution in [0.1, 0.15) is 24.7 Å². The number of sulfone groups is 1. The monoisotopic (exact) mass is 491 g/mol. The number of Topliss-reactive ketones (excluding diaryl/α,β-unsaturated/α-hetero) is 1. The zero-order valence-electron chi connectivity index (χ0n) is 17.7. The van der Waals surface area contributed by atoms with Crippen LogP contribution in [-0.4, -0.2) is 46.5 Å². The van der Waals surface area contributed by atoms with Crippen LogP contribution in [0, 0.1) is 0 Å². The summed E-state index contributed by atoms with van der Waals surface area (Å²) in [7, 11) is -3.71. The third-order valence-electron chi connectivity index (χ3n) is 4.59. The van der Waals surface area contributed by atoms with E-state index in [0.717, 1.165) is 10.4 Å². The number of nitrogens with zero attached hydrogens (tertiary/aromatic N) is 4. The number of nitrogens with one attached hydrogen (secondary N) is 1. The first-order valence-electron chi connectivity index (χ1n) is 10.0. The predicted molar refractivity (Wildman–Crippen MR) is 119 cm³/mol. The summed E-state index contributed by atoms with van der Waals surface area (Å²) in [6, 6.07) is 14.0. The van der Waals surface area contributed by atoms with Gasteiger partial charge in [-0.3, -0.25) is 4.79 Å². The van der Waals surface area contributed by atoms with Gasteiger partial charge >= 0.3 is 6.09 Å². The topological polar surface area (TPSA) is 133 Å². The van der Waals surface area contributed by atoms with Gasteiger partial charge in [0.2, 0.25) is 0 Å². The molecule has 1 aromatic heterocycles. The van der Waals surface area contributed by atoms with Crippen LogP contribution in [0.15, 0.2) is 59.5 Å². The summed E-state index contributed by atoms with van der Waals surface area (Å²) < 4.78 is 30.1. The molecule has 10 nitrogen and oxygen atoms in total. The minimum absolute atomic E-state index is 0.0546. The highest BCUT2D eigenvalue weighted by Crippen LogP contribution is 2.17. The molecular weight excluding hydrogens is 470 g/mol. The van der Waals surface area contributed by atoms with Crippen LogP contribution < -0.4 is 5.32 Å². The molecule has 12 heteroatoms. The highest BCUT2D eigenvalue weighted by Gasteiger charge is 2.23. The Bertz CT molecular complexity index is 1200. The van der Waals surface area contributed by atoms with Gasteiger partial charge in [-0.25, -0.2) is 13.2 Å². The normalized spacial score (nSPS) is 12.2. The third-order valence-corrected chi connectivity index (χ3v) is 6.47. The van der Waals surface area contributed by atoms with Crippen molar-refractivity contribution in [3.05, 3.63) is 71.0 Å². The summed E-state index contributed by atoms with van der Waals surface area (Å²) in [5, 5.41) is 14.4. The van der Waals surface area contributed by atoms with E-state index in [2.05, 4.69) is 20.7 Å². The Labute approximate surface area is 195 Å². The fourth-order valence-corrected chi connectivity index (χ4v) is 4.16. The molecule has 174 valence electrons. The number of aromatic nitrogens is 4. The zero-order chi connectivity index (χ0) is 23.8. The van der Waals surface area contributed by atoms with E-state index in [1.807, 2.05) is 30.3 Å². The predicted octanol–water partition coefficient (Wildman–Crippen LogP) is 2.57. The Morgan fingerprint density at radius 1 is 1.12 bits per heavy atom. The SMILES string of the molecule is CCC(NC(=O)OCc1ccccc1)C(=O)Cn1nnc(CS(=O)(=O)c2ccc(Cl)cc2)n1. The maximum absolute atomic E-state index is 12.6. The van der Waals surface area contributed by atoms with Crippen molar-refractivity contribution in [1.82, 2.24) is 25.5 Å². The van der Waals surface area contributed by atoms with Gasteiger partial charge in [0.05, 0.1) is 10.9 Å². The first-order chi connectivity index (χ1) is 15.8. The number of tetrazole rings is 1. The van der Waals surface area contributed by atoms with Gasteiger partial charge in [-0.2, -0.15) is 4.80 Å². The van der Waals surface area contributed by atoms with Crippen molar-refractivity contribution < 1.29 is 22.7 Å². The molecule has 1 atom stereocenters. The van der Waals surface area contributed by atoms with E-state index in [0.29, 0.717) is 11.4 Å². The standard InChI is InChI=1S/C21H22ClN5O5S/c1-2-18(23-21(29)32-13-15-6-4-3-5-7-15)19(28)12-27-25-20(24-26-27)14-33(30,31)17-10-8-16(22)9-11-17/h3-11,18H,2,12-14H2,1H3,(H,23,29). The number of rotatable bonds is 10. The summed E-state index contributed by atoms with van der Waals surface area (Å²) >= 11 is 5.79. The van der Waals surface area contributed by atoms with Crippen molar-refractivity contribution in [3.8, 4) is 0 Å². The molecule has 0 saturated carbocycles. The van der Waals surface area contributed by atoms with Gasteiger partial charge in [-0.15, -0.1) is 10.2 Å². The van der Waals surface area contributed by atoms with E-state index >= 15 is 0 Å². The Morgan fingerprint density at radius 2 is 1.82 bits per heavy atom. The lowest BCUT2D eigenvalue weighted by molar-refractivity contribution is -0.122. The van der Waals surface area contributed by atoms with Crippen molar-refractivity contribution in [2.45, 2.75) is 43.2 Å². The zero-order valence-corrected chi connectivity index (χ0v) is 19.3. The number of carbonyl (C=O) groups is 2. The molecular formula is C21H22ClN5O5S. The average Bonchev–Trinajstić information content (AvgIpc) is 3.22. The molecule has 1 heterocycles. The van der Waals surface area contributed by atoms with Crippen LogP contribution in [0.2, 0.25) is 5.02 Å². The quantitative estimate of drug-likeness (QED) is 0.457. The molecule has 3 aromatic rings. The number of amides is 1. The van der Waals surface area contributed by atoms with Crippen molar-refractivity contribution in [2.75, 3.05) is 0 Å². The molecule has 1 unspecified atom stereocenters. The second-order valence-corrected chi connectivity index (χ2v) is 9.51. The van der Waals surface area contributed by atoms with Gasteiger partial charge in [0.1, 0.15) is 18.9 Å². The third kappa shape index (κ3) is 7.09. The van der Waals surface area contributed by atoms with Crippen molar-refractivity contribution in [3.63, 3.8) is 0 Å². The van der Waals surface area contributed by atoms with Crippen molar-refractivity contribution >= 4 is 33.3 Å². The van der Waals surface area contributed by atoms with Gasteiger partial charge in [0.15, 0.2) is 21.4 Å². The van der Waals surface area contributed by atoms with Crippen LogP contribution >= 0.6 is 11.6 Å². The first-order valence-corrected chi connectivity index (χ1v) is 12.0. The molecule has 1 N–H and O–H groups in total. The fourth-order valence-electron chi connectivity index (χ4n) is 2.86. The maximum atomic E-state index is 12.6. The molecule has 0 bridgehead atoms. The number of halogens is 1. The summed E-state index contributed by atoms with van der Waals surface area (Å²) in [5.41, 5.74) is 0.819. The number of hydrogen-bond acceptors (Lipinski definition) is 8. The smallest absolute Gasteiger partial charge is 0.408 e. The lowest BCUT2D eigenvalue weighted by Crippen LogP contribution is -2.42. The molecule has 0 aliphatic carbocycles. The Hall–Kier alpha value is -3.31. The van der Waals surface area contributed by atoms with Crippen molar-refractivity contribution in [1.29, 1.82) is 0 Å². The summed E-state index contributed by atoms with van der Waals surface area (Å²) in [6.07, 6.45) is -0.397. The Kier molecular flexibility index (Phi) is 8.12. The van der Waals surface area contributed by atoms with Gasteiger partial charge in [-0.05, 0) is 41.5 Å². The van der Waals surface area contributed by atoms with E-state index in [1.165, 1.54) is 24.3 Å². The molecule has 0 saturated heterocycles. The van der Waals surface area contributed by atoms with Crippen LogP contribution in [0.3, 0.4) is 0 Å². The first kappa shape index (κ1) is 24.3. The van der Waals surface area contributed by atoms with E-state index in [-0.39, 0.29) is 29.7 Å². The number of ketones is 1. The fraction of sp³-hybridized carbons (Fsp3) is 0.286. The van der Waals surface area contributed by atoms with E-state index in [1.54, 1.807) is 6.92 Å². The van der Waals surface area contributed by atoms with Crippen LogP contribution in [-0.2, 0) is 38.3 Å². The summed E-state index contributed by atoms with van der Waals surface area (Å²) in [6.45, 7) is 1.53. The molecule has 2 aromatic carbocycles. The molecule has 0 radical (unpaired) electrons. The number of alkyl carbamates (subject to hydrolysis) is 1. The van der Waals surface area contributed by atoms with Crippen LogP contribution in [0.4, 0.5) is 4.79 Å². The molecule has 33 heavy (non-hydrogen) atoms. The van der Waals surface area contributed by atoms with Crippen LogP contribution in [0.25, 0.3) is 0 Å². The lowest BCUT2D eigenvalue weighted by atomic mass is 10.1. The summed E-state index contributed by atoms with van der Waals surface area (Å²) in [4.78, 5) is 25.7. The van der Waals surface area contributed by atoms with Gasteiger partial charge < -0.3 is 10.1 Å². The van der Waals surface area contributed by atoms with E-state index < -0.39 is 27.7 Å². The van der Waals surface area contributed by atoms with Crippen molar-refractivity contribution in [2.24, 2.45) is 0 Å². The highest BCUT2D eigenvalue weighted by atomic mass is 35.5. The highest BCUT2D eigenvalue weighted by molar-refractivity contribution is 7.90. The lowest BCUT2D eigenvalue weighted by Gasteiger charge is -2.15. The average molecular weight is 492 g/mol. The molecule has 1 amide bonds. The Morgan fingerprint density at radius 3 is 2.48 bits per heavy atom. The Balaban J connectivity index is 1.54. The summed E-state index contributed by atoms with van der Waals surface area (Å²) in [5.74, 6) is -0.913. The largest absolute Gasteiger partial charge is 0.445 e. The van der Waals surface area contributed by atoms with Gasteiger partial charge in [0, 0.05) is 5.02 Å². The molecule has 0 fully saturated rings. The minimum atomic E-state index is -3.71. The van der Waals surface area contributed by atoms with Crippen LogP contribution in [0.5, 0.6) is 0 Å². The molecule has 0 aliphatic heterocycles. The second-order valence-electron chi connectivity index (χ2n) is 7.08. The van der Waals surface area contributed by atoms with E-state index in [4.69, 9.17) is 16.3 Å².